The van der Waals surface area contributed by atoms with Crippen molar-refractivity contribution in [3.8, 4) is 0 Å². The van der Waals surface area contributed by atoms with Gasteiger partial charge >= 0.3 is 5.69 Å². The van der Waals surface area contributed by atoms with Crippen LogP contribution in [0.4, 0.5) is 0 Å². The Kier molecular flexibility index (Phi) is 3.73. The maximum atomic E-state index is 12.2. The zero-order valence-corrected chi connectivity index (χ0v) is 11.6. The molecule has 18 heavy (non-hydrogen) atoms. The number of nitrogens with one attached hydrogen (secondary N) is 1. The van der Waals surface area contributed by atoms with Crippen molar-refractivity contribution in [3.05, 3.63) is 53.9 Å². The lowest BCUT2D eigenvalue weighted by Gasteiger charge is -2.10. The van der Waals surface area contributed by atoms with E-state index < -0.39 is 5.69 Å². The summed E-state index contributed by atoms with van der Waals surface area (Å²) in [5, 5.41) is 2.05. The minimum absolute atomic E-state index is 0.0311. The molecule has 0 spiro atoms. The molecule has 0 radical (unpaired) electrons. The van der Waals surface area contributed by atoms with Crippen molar-refractivity contribution >= 4 is 22.9 Å². The lowest BCUT2D eigenvalue weighted by molar-refractivity contribution is 0.676. The predicted molar refractivity (Wildman–Crippen MR) is 73.8 cm³/mol. The highest BCUT2D eigenvalue weighted by atomic mass is 35.5. The van der Waals surface area contributed by atoms with Gasteiger partial charge in [-0.2, -0.15) is 0 Å². The van der Waals surface area contributed by atoms with Gasteiger partial charge in [0.15, 0.2) is 0 Å². The highest BCUT2D eigenvalue weighted by molar-refractivity contribution is 7.09. The largest absolute Gasteiger partial charge is 0.329 e. The molecule has 0 unspecified atom stereocenters. The van der Waals surface area contributed by atoms with Gasteiger partial charge in [-0.05, 0) is 17.4 Å². The second kappa shape index (κ2) is 5.12. The third-order valence-electron chi connectivity index (χ3n) is 2.65. The summed E-state index contributed by atoms with van der Waals surface area (Å²) in [6.07, 6.45) is 0. The van der Waals surface area contributed by atoms with Gasteiger partial charge in [-0.15, -0.1) is 11.3 Å². The number of aromatic nitrogens is 2. The number of rotatable bonds is 3. The normalized spacial score (nSPS) is 11.1. The van der Waals surface area contributed by atoms with Gasteiger partial charge in [0.05, 0.1) is 12.1 Å². The highest BCUT2D eigenvalue weighted by Crippen LogP contribution is 2.17. The fourth-order valence-corrected chi connectivity index (χ4v) is 2.84. The van der Waals surface area contributed by atoms with Gasteiger partial charge in [-0.3, -0.25) is 14.3 Å². The number of thiophene rings is 1. The summed E-state index contributed by atoms with van der Waals surface area (Å²) in [6.45, 7) is 4.02. The van der Waals surface area contributed by atoms with E-state index in [2.05, 4.69) is 4.98 Å². The van der Waals surface area contributed by atoms with Crippen molar-refractivity contribution in [2.24, 2.45) is 0 Å². The first-order chi connectivity index (χ1) is 8.50. The van der Waals surface area contributed by atoms with E-state index >= 15 is 0 Å². The fraction of sp³-hybridized carbons (Fsp3) is 0.333. The molecule has 0 bridgehead atoms. The molecule has 2 aromatic heterocycles. The van der Waals surface area contributed by atoms with Crippen molar-refractivity contribution in [1.82, 2.24) is 9.55 Å². The van der Waals surface area contributed by atoms with E-state index in [0.29, 0.717) is 5.56 Å². The molecule has 0 aliphatic carbocycles. The molecule has 0 aromatic carbocycles. The molecular weight excluding hydrogens is 272 g/mol. The summed E-state index contributed by atoms with van der Waals surface area (Å²) in [7, 11) is 0. The highest BCUT2D eigenvalue weighted by Gasteiger charge is 2.15. The fourth-order valence-electron chi connectivity index (χ4n) is 1.76. The Morgan fingerprint density at radius 2 is 2.17 bits per heavy atom. The predicted octanol–water partition coefficient (Wildman–Crippen LogP) is 2.42. The van der Waals surface area contributed by atoms with Gasteiger partial charge in [-0.25, -0.2) is 4.79 Å². The molecule has 0 amide bonds. The smallest absolute Gasteiger partial charge is 0.297 e. The van der Waals surface area contributed by atoms with Crippen LogP contribution in [0, 0.1) is 0 Å². The van der Waals surface area contributed by atoms with Gasteiger partial charge in [0, 0.05) is 4.88 Å². The molecular formula is C12H13ClN2O2S. The van der Waals surface area contributed by atoms with Crippen LogP contribution in [0.3, 0.4) is 0 Å². The topological polar surface area (TPSA) is 54.9 Å². The van der Waals surface area contributed by atoms with E-state index in [1.54, 1.807) is 0 Å². The molecule has 0 saturated carbocycles. The SMILES string of the molecule is CC(C)c1c(Cl)[nH]c(=O)n(Cc2cccs2)c1=O. The molecule has 0 saturated heterocycles. The van der Waals surface area contributed by atoms with Gasteiger partial charge in [0.1, 0.15) is 5.15 Å². The third-order valence-corrected chi connectivity index (χ3v) is 3.80. The molecule has 0 atom stereocenters. The Bertz CT molecular complexity index is 656. The van der Waals surface area contributed by atoms with Crippen LogP contribution in [0.2, 0.25) is 5.15 Å². The molecule has 2 heterocycles. The standard InChI is InChI=1S/C12H13ClN2O2S/c1-7(2)9-10(13)14-12(17)15(11(9)16)6-8-4-3-5-18-8/h3-5,7H,6H2,1-2H3,(H,14,17). The molecule has 0 aliphatic heterocycles. The lowest BCUT2D eigenvalue weighted by atomic mass is 10.1. The average molecular weight is 285 g/mol. The van der Waals surface area contributed by atoms with E-state index in [1.165, 1.54) is 15.9 Å². The Morgan fingerprint density at radius 1 is 1.44 bits per heavy atom. The summed E-state index contributed by atoms with van der Waals surface area (Å²) in [5.41, 5.74) is -0.331. The van der Waals surface area contributed by atoms with Crippen LogP contribution in [-0.2, 0) is 6.54 Å². The number of aromatic amines is 1. The van der Waals surface area contributed by atoms with Crippen molar-refractivity contribution in [2.75, 3.05) is 0 Å². The maximum absolute atomic E-state index is 12.2. The van der Waals surface area contributed by atoms with E-state index in [9.17, 15) is 9.59 Å². The first-order valence-corrected chi connectivity index (χ1v) is 6.81. The molecule has 0 fully saturated rings. The van der Waals surface area contributed by atoms with Crippen LogP contribution < -0.4 is 11.2 Å². The van der Waals surface area contributed by atoms with Crippen molar-refractivity contribution in [2.45, 2.75) is 26.3 Å². The van der Waals surface area contributed by atoms with E-state index in [0.717, 1.165) is 4.88 Å². The van der Waals surface area contributed by atoms with E-state index in [4.69, 9.17) is 11.6 Å². The van der Waals surface area contributed by atoms with Gasteiger partial charge in [0.2, 0.25) is 0 Å². The Morgan fingerprint density at radius 3 is 2.72 bits per heavy atom. The first kappa shape index (κ1) is 13.1. The second-order valence-corrected chi connectivity index (χ2v) is 5.69. The maximum Gasteiger partial charge on any atom is 0.329 e. The summed E-state index contributed by atoms with van der Waals surface area (Å²) < 4.78 is 1.19. The van der Waals surface area contributed by atoms with Crippen LogP contribution in [-0.4, -0.2) is 9.55 Å². The summed E-state index contributed by atoms with van der Waals surface area (Å²) in [5.74, 6) is -0.0311. The first-order valence-electron chi connectivity index (χ1n) is 5.55. The van der Waals surface area contributed by atoms with Gasteiger partial charge in [-0.1, -0.05) is 31.5 Å². The van der Waals surface area contributed by atoms with Crippen LogP contribution in [0.5, 0.6) is 0 Å². The van der Waals surface area contributed by atoms with E-state index in [-0.39, 0.29) is 23.2 Å². The Labute approximate surface area is 113 Å². The zero-order chi connectivity index (χ0) is 13.3. The molecule has 0 aliphatic rings. The van der Waals surface area contributed by atoms with Crippen molar-refractivity contribution in [1.29, 1.82) is 0 Å². The minimum Gasteiger partial charge on any atom is -0.297 e. The molecule has 96 valence electrons. The zero-order valence-electron chi connectivity index (χ0n) is 10.1. The quantitative estimate of drug-likeness (QED) is 0.880. The van der Waals surface area contributed by atoms with Crippen LogP contribution in [0.1, 0.15) is 30.2 Å². The summed E-state index contributed by atoms with van der Waals surface area (Å²) in [6, 6.07) is 3.78. The summed E-state index contributed by atoms with van der Waals surface area (Å²) in [4.78, 5) is 27.5. The van der Waals surface area contributed by atoms with Crippen molar-refractivity contribution < 1.29 is 0 Å². The van der Waals surface area contributed by atoms with Gasteiger partial charge in [0.25, 0.3) is 5.56 Å². The Hall–Kier alpha value is -1.33. The van der Waals surface area contributed by atoms with Gasteiger partial charge < -0.3 is 0 Å². The molecule has 2 aromatic rings. The minimum atomic E-state index is -0.470. The Balaban J connectivity index is 2.57. The van der Waals surface area contributed by atoms with Crippen molar-refractivity contribution in [3.63, 3.8) is 0 Å². The molecule has 4 nitrogen and oxygen atoms in total. The number of hydrogen-bond donors (Lipinski definition) is 1. The molecule has 1 N–H and O–H groups in total. The third kappa shape index (κ3) is 2.42. The van der Waals surface area contributed by atoms with Crippen LogP contribution >= 0.6 is 22.9 Å². The number of nitrogens with zero attached hydrogens (tertiary/aromatic N) is 1. The molecule has 6 heteroatoms. The number of halogens is 1. The van der Waals surface area contributed by atoms with E-state index in [1.807, 2.05) is 31.4 Å². The summed E-state index contributed by atoms with van der Waals surface area (Å²) >= 11 is 7.43. The number of H-pyrrole nitrogens is 1. The lowest BCUT2D eigenvalue weighted by Crippen LogP contribution is -2.37. The second-order valence-electron chi connectivity index (χ2n) is 4.28. The molecule has 2 rings (SSSR count). The monoisotopic (exact) mass is 284 g/mol. The van der Waals surface area contributed by atoms with Crippen LogP contribution in [0.25, 0.3) is 0 Å². The average Bonchev–Trinajstić information content (AvgIpc) is 2.75. The van der Waals surface area contributed by atoms with Crippen LogP contribution in [0.15, 0.2) is 27.1 Å². The number of hydrogen-bond acceptors (Lipinski definition) is 3.